The number of hydrogen-bond acceptors (Lipinski definition) is 0. The van der Waals surface area contributed by atoms with Crippen molar-refractivity contribution in [2.45, 2.75) is 91.4 Å². The Morgan fingerprint density at radius 2 is 1.25 bits per heavy atom. The van der Waals surface area contributed by atoms with Crippen molar-refractivity contribution in [2.24, 2.45) is 0 Å². The Bertz CT molecular complexity index is 155. The highest BCUT2D eigenvalue weighted by Gasteiger charge is 1.91. The molecule has 16 heavy (non-hydrogen) atoms. The molecule has 0 bridgehead atoms. The lowest BCUT2D eigenvalue weighted by Gasteiger charge is -2.01. The Kier molecular flexibility index (Phi) is 12.6. The van der Waals surface area contributed by atoms with Crippen LogP contribution in [0.5, 0.6) is 0 Å². The maximum Gasteiger partial charge on any atom is -0.0348 e. The zero-order valence-corrected chi connectivity index (χ0v) is 11.9. The first-order valence-electron chi connectivity index (χ1n) is 7.46. The van der Waals surface area contributed by atoms with Crippen molar-refractivity contribution in [3.05, 3.63) is 11.6 Å². The van der Waals surface area contributed by atoms with Crippen LogP contribution in [-0.2, 0) is 0 Å². The van der Waals surface area contributed by atoms with Crippen LogP contribution in [0.1, 0.15) is 91.4 Å². The Labute approximate surface area is 104 Å². The van der Waals surface area contributed by atoms with Crippen LogP contribution < -0.4 is 0 Å². The molecule has 0 atom stereocenters. The zero-order chi connectivity index (χ0) is 12.1. The smallest absolute Gasteiger partial charge is 0.0348 e. The molecule has 0 unspecified atom stereocenters. The van der Waals surface area contributed by atoms with Crippen LogP contribution in [0.15, 0.2) is 11.6 Å². The fourth-order valence-corrected chi connectivity index (χ4v) is 1.95. The minimum absolute atomic E-state index is 1.22. The van der Waals surface area contributed by atoms with Crippen molar-refractivity contribution >= 4 is 0 Å². The quantitative estimate of drug-likeness (QED) is 0.287. The van der Waals surface area contributed by atoms with Gasteiger partial charge in [-0.25, -0.2) is 0 Å². The van der Waals surface area contributed by atoms with Crippen LogP contribution in [0.3, 0.4) is 0 Å². The minimum Gasteiger partial charge on any atom is -0.0856 e. The Hall–Kier alpha value is -0.260. The highest BCUT2D eigenvalue weighted by Crippen LogP contribution is 2.11. The molecule has 0 nitrogen and oxygen atoms in total. The standard InChI is InChI=1S/C16H32/c1-4-6-7-8-9-10-11-12-13-14-15-16(3)5-2/h15H,4-14H2,1-3H3. The van der Waals surface area contributed by atoms with Gasteiger partial charge in [-0.05, 0) is 26.2 Å². The molecule has 0 N–H and O–H groups in total. The van der Waals surface area contributed by atoms with Gasteiger partial charge in [0.25, 0.3) is 0 Å². The van der Waals surface area contributed by atoms with Crippen LogP contribution >= 0.6 is 0 Å². The van der Waals surface area contributed by atoms with Crippen molar-refractivity contribution in [1.29, 1.82) is 0 Å². The molecule has 0 rings (SSSR count). The molecule has 0 spiro atoms. The average molecular weight is 224 g/mol. The summed E-state index contributed by atoms with van der Waals surface area (Å²) in [6, 6.07) is 0. The first kappa shape index (κ1) is 15.7. The maximum absolute atomic E-state index is 2.42. The number of unbranched alkanes of at least 4 members (excludes halogenated alkanes) is 9. The van der Waals surface area contributed by atoms with Gasteiger partial charge in [0.1, 0.15) is 0 Å². The Morgan fingerprint density at radius 3 is 1.75 bits per heavy atom. The van der Waals surface area contributed by atoms with Crippen LogP contribution in [0.4, 0.5) is 0 Å². The molecule has 0 saturated heterocycles. The van der Waals surface area contributed by atoms with Crippen molar-refractivity contribution < 1.29 is 0 Å². The molecular weight excluding hydrogens is 192 g/mol. The van der Waals surface area contributed by atoms with Gasteiger partial charge in [0, 0.05) is 0 Å². The summed E-state index contributed by atoms with van der Waals surface area (Å²) < 4.78 is 0. The number of hydrogen-bond donors (Lipinski definition) is 0. The molecule has 0 aliphatic rings. The van der Waals surface area contributed by atoms with Crippen LogP contribution in [0, 0.1) is 0 Å². The lowest BCUT2D eigenvalue weighted by molar-refractivity contribution is 0.566. The third kappa shape index (κ3) is 11.8. The molecule has 0 amide bonds. The number of allylic oxidation sites excluding steroid dienone is 2. The van der Waals surface area contributed by atoms with E-state index >= 15 is 0 Å². The van der Waals surface area contributed by atoms with E-state index in [4.69, 9.17) is 0 Å². The van der Waals surface area contributed by atoms with E-state index in [1.165, 1.54) is 70.6 Å². The van der Waals surface area contributed by atoms with E-state index in [2.05, 4.69) is 26.8 Å². The van der Waals surface area contributed by atoms with Gasteiger partial charge in [0.2, 0.25) is 0 Å². The SMILES string of the molecule is CCCCCCCCCCCC=C(C)CC. The first-order chi connectivity index (χ1) is 7.81. The van der Waals surface area contributed by atoms with Gasteiger partial charge in [-0.15, -0.1) is 0 Å². The fourth-order valence-electron chi connectivity index (χ4n) is 1.95. The molecule has 0 aromatic carbocycles. The molecule has 0 aromatic rings. The molecule has 0 aliphatic heterocycles. The number of rotatable bonds is 11. The molecular formula is C16H32. The van der Waals surface area contributed by atoms with E-state index in [1.807, 2.05) is 0 Å². The summed E-state index contributed by atoms with van der Waals surface area (Å²) in [5, 5.41) is 0. The summed E-state index contributed by atoms with van der Waals surface area (Å²) >= 11 is 0. The van der Waals surface area contributed by atoms with E-state index in [9.17, 15) is 0 Å². The predicted molar refractivity (Wildman–Crippen MR) is 75.9 cm³/mol. The van der Waals surface area contributed by atoms with Crippen molar-refractivity contribution in [3.8, 4) is 0 Å². The van der Waals surface area contributed by atoms with E-state index in [-0.39, 0.29) is 0 Å². The van der Waals surface area contributed by atoms with Crippen molar-refractivity contribution in [1.82, 2.24) is 0 Å². The third-order valence-corrected chi connectivity index (χ3v) is 3.36. The van der Waals surface area contributed by atoms with E-state index in [0.29, 0.717) is 0 Å². The second-order valence-electron chi connectivity index (χ2n) is 5.02. The molecule has 0 aromatic heterocycles. The summed E-state index contributed by atoms with van der Waals surface area (Å²) in [6.45, 7) is 6.77. The molecule has 0 saturated carbocycles. The van der Waals surface area contributed by atoms with E-state index < -0.39 is 0 Å². The molecule has 0 radical (unpaired) electrons. The van der Waals surface area contributed by atoms with Gasteiger partial charge < -0.3 is 0 Å². The third-order valence-electron chi connectivity index (χ3n) is 3.36. The van der Waals surface area contributed by atoms with Crippen LogP contribution in [0.25, 0.3) is 0 Å². The molecule has 96 valence electrons. The largest absolute Gasteiger partial charge is 0.0856 e. The summed E-state index contributed by atoms with van der Waals surface area (Å²) in [7, 11) is 0. The Morgan fingerprint density at radius 1 is 0.750 bits per heavy atom. The van der Waals surface area contributed by atoms with Crippen LogP contribution in [0.2, 0.25) is 0 Å². The molecule has 0 fully saturated rings. The van der Waals surface area contributed by atoms with Crippen molar-refractivity contribution in [3.63, 3.8) is 0 Å². The normalized spacial score (nSPS) is 12.1. The van der Waals surface area contributed by atoms with Gasteiger partial charge in [-0.1, -0.05) is 76.9 Å². The Balaban J connectivity index is 3.04. The van der Waals surface area contributed by atoms with Gasteiger partial charge in [0.05, 0.1) is 0 Å². The lowest BCUT2D eigenvalue weighted by atomic mass is 10.1. The zero-order valence-electron chi connectivity index (χ0n) is 11.9. The summed E-state index contributed by atoms with van der Waals surface area (Å²) in [5.41, 5.74) is 1.56. The second kappa shape index (κ2) is 12.8. The van der Waals surface area contributed by atoms with Gasteiger partial charge in [0.15, 0.2) is 0 Å². The topological polar surface area (TPSA) is 0 Å². The van der Waals surface area contributed by atoms with Crippen molar-refractivity contribution in [2.75, 3.05) is 0 Å². The first-order valence-corrected chi connectivity index (χ1v) is 7.46. The van der Waals surface area contributed by atoms with Gasteiger partial charge in [-0.2, -0.15) is 0 Å². The molecule has 0 aliphatic carbocycles. The molecule has 0 heterocycles. The maximum atomic E-state index is 2.42. The van der Waals surface area contributed by atoms with E-state index in [1.54, 1.807) is 5.57 Å². The predicted octanol–water partition coefficient (Wildman–Crippen LogP) is 6.26. The van der Waals surface area contributed by atoms with Crippen LogP contribution in [-0.4, -0.2) is 0 Å². The van der Waals surface area contributed by atoms with Gasteiger partial charge in [-0.3, -0.25) is 0 Å². The monoisotopic (exact) mass is 224 g/mol. The van der Waals surface area contributed by atoms with E-state index in [0.717, 1.165) is 0 Å². The second-order valence-corrected chi connectivity index (χ2v) is 5.02. The lowest BCUT2D eigenvalue weighted by Crippen LogP contribution is -1.81. The molecule has 0 heteroatoms. The summed E-state index contributed by atoms with van der Waals surface area (Å²) in [4.78, 5) is 0. The highest BCUT2D eigenvalue weighted by atomic mass is 14.0. The minimum atomic E-state index is 1.22. The van der Waals surface area contributed by atoms with Gasteiger partial charge >= 0.3 is 0 Å². The highest BCUT2D eigenvalue weighted by molar-refractivity contribution is 4.96. The summed E-state index contributed by atoms with van der Waals surface area (Å²) in [6.07, 6.45) is 17.8. The summed E-state index contributed by atoms with van der Waals surface area (Å²) in [5.74, 6) is 0. The fraction of sp³-hybridized carbons (Fsp3) is 0.875. The average Bonchev–Trinajstić information content (AvgIpc) is 2.31.